The second-order valence-corrected chi connectivity index (χ2v) is 12.6. The van der Waals surface area contributed by atoms with E-state index in [0.29, 0.717) is 0 Å². The minimum atomic E-state index is -0.469. The normalized spacial score (nSPS) is 19.9. The molecule has 6 aromatic carbocycles. The van der Waals surface area contributed by atoms with Crippen LogP contribution in [0, 0.1) is 0 Å². The number of fused-ring (bicyclic) bond motifs is 7. The van der Waals surface area contributed by atoms with Crippen LogP contribution in [0.15, 0.2) is 172 Å². The molecule has 0 bridgehead atoms. The highest BCUT2D eigenvalue weighted by molar-refractivity contribution is 6.16. The van der Waals surface area contributed by atoms with Crippen molar-refractivity contribution < 1.29 is 9.15 Å². The van der Waals surface area contributed by atoms with Gasteiger partial charge in [0.2, 0.25) is 0 Å². The Hall–Kier alpha value is -6.20. The van der Waals surface area contributed by atoms with Gasteiger partial charge in [-0.25, -0.2) is 9.98 Å². The lowest BCUT2D eigenvalue weighted by Gasteiger charge is -2.30. The highest BCUT2D eigenvalue weighted by Gasteiger charge is 2.41. The molecule has 0 spiro atoms. The maximum Gasteiger partial charge on any atom is 0.166 e. The van der Waals surface area contributed by atoms with Crippen molar-refractivity contribution >= 4 is 50.0 Å². The maximum atomic E-state index is 6.64. The van der Waals surface area contributed by atoms with Crippen LogP contribution in [0.1, 0.15) is 28.2 Å². The Balaban J connectivity index is 1.14. The summed E-state index contributed by atoms with van der Waals surface area (Å²) in [7, 11) is 0. The van der Waals surface area contributed by atoms with Crippen molar-refractivity contribution in [1.82, 2.24) is 5.32 Å². The van der Waals surface area contributed by atoms with Crippen molar-refractivity contribution in [1.29, 1.82) is 0 Å². The minimum Gasteiger partial charge on any atom is -0.485 e. The zero-order valence-electron chi connectivity index (χ0n) is 25.9. The molecule has 10 rings (SSSR count). The summed E-state index contributed by atoms with van der Waals surface area (Å²) in [5.74, 6) is 2.47. The monoisotopic (exact) mass is 619 g/mol. The largest absolute Gasteiger partial charge is 0.485 e. The molecular formula is C43H29N3O2. The topological polar surface area (TPSA) is 59.1 Å². The molecule has 5 heteroatoms. The highest BCUT2D eigenvalue weighted by Crippen LogP contribution is 2.49. The van der Waals surface area contributed by atoms with Gasteiger partial charge in [-0.1, -0.05) is 115 Å². The summed E-state index contributed by atoms with van der Waals surface area (Å²) in [5, 5.41) is 8.18. The van der Waals surface area contributed by atoms with Gasteiger partial charge in [0.05, 0.1) is 5.92 Å². The van der Waals surface area contributed by atoms with E-state index in [9.17, 15) is 0 Å². The lowest BCUT2D eigenvalue weighted by Crippen LogP contribution is -2.39. The average Bonchev–Trinajstić information content (AvgIpc) is 3.72. The number of rotatable bonds is 4. The second-order valence-electron chi connectivity index (χ2n) is 12.6. The fraction of sp³-hybridized carbons (Fsp3) is 0.0698. The number of allylic oxidation sites excluding steroid dienone is 2. The van der Waals surface area contributed by atoms with Gasteiger partial charge in [0.15, 0.2) is 6.17 Å². The van der Waals surface area contributed by atoms with Crippen molar-refractivity contribution in [3.63, 3.8) is 0 Å². The van der Waals surface area contributed by atoms with Gasteiger partial charge in [0, 0.05) is 27.5 Å². The summed E-state index contributed by atoms with van der Waals surface area (Å²) in [6, 6.07) is 48.2. The summed E-state index contributed by atoms with van der Waals surface area (Å²) < 4.78 is 12.9. The SMILES string of the molecule is C1=C(c2ccc3c(c2)oc2ccccc23)C=C(C2N=C(c3ccccc3)NC(c3ccc4ccccc4c3)=N2)C2c3ccccc3OC12. The minimum absolute atomic E-state index is 0.0228. The zero-order chi connectivity index (χ0) is 31.6. The molecule has 0 fully saturated rings. The molecule has 3 atom stereocenters. The lowest BCUT2D eigenvalue weighted by molar-refractivity contribution is 0.263. The number of furan rings is 1. The second kappa shape index (κ2) is 10.7. The molecule has 1 aromatic heterocycles. The van der Waals surface area contributed by atoms with Crippen LogP contribution in [0.3, 0.4) is 0 Å². The maximum absolute atomic E-state index is 6.64. The number of hydrogen-bond acceptors (Lipinski definition) is 5. The predicted molar refractivity (Wildman–Crippen MR) is 194 cm³/mol. The van der Waals surface area contributed by atoms with Crippen LogP contribution >= 0.6 is 0 Å². The number of para-hydroxylation sites is 2. The number of ether oxygens (including phenoxy) is 1. The van der Waals surface area contributed by atoms with Gasteiger partial charge in [-0.2, -0.15) is 0 Å². The molecule has 2 aliphatic heterocycles. The Kier molecular flexibility index (Phi) is 6.00. The van der Waals surface area contributed by atoms with Crippen molar-refractivity contribution in [2.24, 2.45) is 9.98 Å². The standard InChI is InChI=1S/C43H29N3O2/c1-2-11-27(12-3-1)41-44-42(30-19-18-26-10-4-5-13-28(26)22-30)46-43(45-41)35-23-31(25-39-40(35)34-15-7-9-17-37(34)48-39)29-20-21-33-32-14-6-8-16-36(32)47-38(33)24-29/h1-25,39-40,43H,(H,44,45,46). The van der Waals surface area contributed by atoms with Gasteiger partial charge in [-0.15, -0.1) is 0 Å². The predicted octanol–water partition coefficient (Wildman–Crippen LogP) is 9.43. The molecular weight excluding hydrogens is 590 g/mol. The Morgan fingerprint density at radius 1 is 0.562 bits per heavy atom. The first kappa shape index (κ1) is 27.0. The number of amidine groups is 2. The molecule has 3 heterocycles. The summed E-state index contributed by atoms with van der Waals surface area (Å²) >= 11 is 0. The fourth-order valence-electron chi connectivity index (χ4n) is 7.38. The van der Waals surface area contributed by atoms with E-state index in [1.807, 2.05) is 36.4 Å². The molecule has 7 aromatic rings. The van der Waals surface area contributed by atoms with Gasteiger partial charge in [-0.3, -0.25) is 0 Å². The van der Waals surface area contributed by atoms with E-state index >= 15 is 0 Å². The zero-order valence-corrected chi connectivity index (χ0v) is 25.9. The lowest BCUT2D eigenvalue weighted by atomic mass is 9.80. The van der Waals surface area contributed by atoms with Gasteiger partial charge >= 0.3 is 0 Å². The van der Waals surface area contributed by atoms with E-state index in [0.717, 1.165) is 72.8 Å². The Labute approximate surface area is 277 Å². The third-order valence-electron chi connectivity index (χ3n) is 9.69. The van der Waals surface area contributed by atoms with E-state index < -0.39 is 6.17 Å². The first-order valence-electron chi connectivity index (χ1n) is 16.3. The van der Waals surface area contributed by atoms with Crippen LogP contribution in [-0.4, -0.2) is 23.9 Å². The van der Waals surface area contributed by atoms with Crippen LogP contribution in [-0.2, 0) is 0 Å². The quantitative estimate of drug-likeness (QED) is 0.214. The van der Waals surface area contributed by atoms with Gasteiger partial charge < -0.3 is 14.5 Å². The molecule has 3 unspecified atom stereocenters. The van der Waals surface area contributed by atoms with E-state index in [1.54, 1.807) is 0 Å². The molecule has 0 radical (unpaired) electrons. The first-order valence-corrected chi connectivity index (χ1v) is 16.3. The molecule has 3 aliphatic rings. The first-order chi connectivity index (χ1) is 23.7. The van der Waals surface area contributed by atoms with Gasteiger partial charge in [0.1, 0.15) is 34.7 Å². The summed E-state index contributed by atoms with van der Waals surface area (Å²) in [5.41, 5.74) is 8.18. The van der Waals surface area contributed by atoms with Crippen molar-refractivity contribution in [2.45, 2.75) is 18.2 Å². The van der Waals surface area contributed by atoms with Gasteiger partial charge in [-0.05, 0) is 63.9 Å². The molecule has 228 valence electrons. The van der Waals surface area contributed by atoms with E-state index in [1.165, 1.54) is 10.8 Å². The van der Waals surface area contributed by atoms with E-state index in [4.69, 9.17) is 19.1 Å². The van der Waals surface area contributed by atoms with E-state index in [2.05, 4.69) is 121 Å². The third-order valence-corrected chi connectivity index (χ3v) is 9.69. The summed E-state index contributed by atoms with van der Waals surface area (Å²) in [4.78, 5) is 10.6. The number of aliphatic imine (C=N–C) groups is 2. The molecule has 0 saturated carbocycles. The van der Waals surface area contributed by atoms with Crippen LogP contribution in [0.5, 0.6) is 5.75 Å². The molecule has 1 aliphatic carbocycles. The van der Waals surface area contributed by atoms with Gasteiger partial charge in [0.25, 0.3) is 0 Å². The fourth-order valence-corrected chi connectivity index (χ4v) is 7.38. The Bertz CT molecular complexity index is 2540. The summed E-state index contributed by atoms with van der Waals surface area (Å²) in [6.45, 7) is 0. The van der Waals surface area contributed by atoms with Crippen molar-refractivity contribution in [3.05, 3.63) is 180 Å². The van der Waals surface area contributed by atoms with Crippen LogP contribution < -0.4 is 10.1 Å². The molecule has 48 heavy (non-hydrogen) atoms. The van der Waals surface area contributed by atoms with Crippen LogP contribution in [0.4, 0.5) is 0 Å². The molecule has 5 nitrogen and oxygen atoms in total. The van der Waals surface area contributed by atoms with E-state index in [-0.39, 0.29) is 12.0 Å². The Morgan fingerprint density at radius 2 is 1.29 bits per heavy atom. The molecule has 0 amide bonds. The van der Waals surface area contributed by atoms with Crippen molar-refractivity contribution in [2.75, 3.05) is 0 Å². The van der Waals surface area contributed by atoms with Crippen molar-refractivity contribution in [3.8, 4) is 5.75 Å². The third kappa shape index (κ3) is 4.39. The highest BCUT2D eigenvalue weighted by atomic mass is 16.5. The summed E-state index contributed by atoms with van der Waals surface area (Å²) in [6.07, 6.45) is 3.87. The Morgan fingerprint density at radius 3 is 2.21 bits per heavy atom. The van der Waals surface area contributed by atoms with Crippen LogP contribution in [0.25, 0.3) is 38.3 Å². The average molecular weight is 620 g/mol. The number of benzene rings is 6. The number of nitrogens with zero attached hydrogens (tertiary/aromatic N) is 2. The number of nitrogens with one attached hydrogen (secondary N) is 1. The molecule has 0 saturated heterocycles. The number of hydrogen-bond donors (Lipinski definition) is 1. The smallest absolute Gasteiger partial charge is 0.166 e. The molecule has 1 N–H and O–H groups in total. The van der Waals surface area contributed by atoms with Crippen LogP contribution in [0.2, 0.25) is 0 Å².